The van der Waals surface area contributed by atoms with Crippen molar-refractivity contribution in [3.63, 3.8) is 0 Å². The summed E-state index contributed by atoms with van der Waals surface area (Å²) in [4.78, 5) is 23.1. The molecule has 1 rings (SSSR count). The smallest absolute Gasteiger partial charge is 0.316 e. The second kappa shape index (κ2) is 8.26. The van der Waals surface area contributed by atoms with Gasteiger partial charge in [-0.05, 0) is 19.3 Å². The second-order valence-electron chi connectivity index (χ2n) is 4.91. The van der Waals surface area contributed by atoms with E-state index in [2.05, 4.69) is 0 Å². The third-order valence-corrected chi connectivity index (χ3v) is 3.47. The van der Waals surface area contributed by atoms with Crippen LogP contribution in [0.15, 0.2) is 0 Å². The van der Waals surface area contributed by atoms with Crippen LogP contribution in [0.3, 0.4) is 0 Å². The lowest BCUT2D eigenvalue weighted by atomic mass is 9.98. The molecule has 0 aliphatic carbocycles. The SMILES string of the molecule is CCC1CCCCCCCCCC(=O)OC1=O. The molecule has 1 aliphatic heterocycles. The van der Waals surface area contributed by atoms with Crippen molar-refractivity contribution < 1.29 is 14.3 Å². The standard InChI is InChI=1S/C14H24O3/c1-2-12-10-8-6-4-3-5-7-9-11-13(15)17-14(12)16/h12H,2-11H2,1H3. The van der Waals surface area contributed by atoms with Gasteiger partial charge < -0.3 is 4.74 Å². The van der Waals surface area contributed by atoms with Crippen molar-refractivity contribution in [1.29, 1.82) is 0 Å². The molecule has 3 nitrogen and oxygen atoms in total. The first kappa shape index (κ1) is 14.2. The fourth-order valence-corrected chi connectivity index (χ4v) is 2.28. The van der Waals surface area contributed by atoms with E-state index in [-0.39, 0.29) is 17.9 Å². The largest absolute Gasteiger partial charge is 0.393 e. The summed E-state index contributed by atoms with van der Waals surface area (Å²) in [5, 5.41) is 0. The summed E-state index contributed by atoms with van der Waals surface area (Å²) < 4.78 is 4.89. The molecule has 0 aromatic rings. The fraction of sp³-hybridized carbons (Fsp3) is 0.857. The van der Waals surface area contributed by atoms with E-state index < -0.39 is 0 Å². The van der Waals surface area contributed by atoms with Crippen molar-refractivity contribution in [2.45, 2.75) is 71.1 Å². The van der Waals surface area contributed by atoms with Gasteiger partial charge in [-0.2, -0.15) is 0 Å². The topological polar surface area (TPSA) is 43.4 Å². The number of ether oxygens (including phenoxy) is 1. The number of carbonyl (C=O) groups is 2. The van der Waals surface area contributed by atoms with Crippen molar-refractivity contribution in [1.82, 2.24) is 0 Å². The van der Waals surface area contributed by atoms with E-state index in [0.717, 1.165) is 32.1 Å². The zero-order valence-electron chi connectivity index (χ0n) is 10.9. The van der Waals surface area contributed by atoms with Crippen molar-refractivity contribution in [2.75, 3.05) is 0 Å². The van der Waals surface area contributed by atoms with Crippen LogP contribution in [0.25, 0.3) is 0 Å². The fourth-order valence-electron chi connectivity index (χ4n) is 2.28. The van der Waals surface area contributed by atoms with Gasteiger partial charge in [-0.15, -0.1) is 0 Å². The highest BCUT2D eigenvalue weighted by molar-refractivity contribution is 5.86. The maximum Gasteiger partial charge on any atom is 0.316 e. The minimum Gasteiger partial charge on any atom is -0.393 e. The predicted octanol–water partition coefficient (Wildman–Crippen LogP) is 3.61. The Morgan fingerprint density at radius 3 is 2.24 bits per heavy atom. The molecule has 0 radical (unpaired) electrons. The van der Waals surface area contributed by atoms with Gasteiger partial charge in [0, 0.05) is 6.42 Å². The van der Waals surface area contributed by atoms with Crippen molar-refractivity contribution in [3.05, 3.63) is 0 Å². The average molecular weight is 240 g/mol. The molecule has 1 fully saturated rings. The lowest BCUT2D eigenvalue weighted by Crippen LogP contribution is -2.20. The maximum atomic E-state index is 11.7. The van der Waals surface area contributed by atoms with Gasteiger partial charge in [0.05, 0.1) is 5.92 Å². The Balaban J connectivity index is 2.48. The van der Waals surface area contributed by atoms with Gasteiger partial charge in [0.2, 0.25) is 0 Å². The molecule has 0 aromatic carbocycles. The van der Waals surface area contributed by atoms with Crippen LogP contribution in [0.1, 0.15) is 71.1 Å². The number of rotatable bonds is 1. The Bertz CT molecular complexity index is 248. The third-order valence-electron chi connectivity index (χ3n) is 3.47. The van der Waals surface area contributed by atoms with Crippen LogP contribution in [0, 0.1) is 5.92 Å². The molecule has 1 unspecified atom stereocenters. The number of cyclic esters (lactones) is 2. The van der Waals surface area contributed by atoms with E-state index in [1.54, 1.807) is 0 Å². The molecule has 0 amide bonds. The first-order valence-electron chi connectivity index (χ1n) is 6.98. The first-order chi connectivity index (χ1) is 8.24. The molecule has 17 heavy (non-hydrogen) atoms. The molecule has 0 bridgehead atoms. The molecule has 0 aromatic heterocycles. The van der Waals surface area contributed by atoms with Crippen molar-refractivity contribution in [2.24, 2.45) is 5.92 Å². The normalized spacial score (nSPS) is 25.4. The highest BCUT2D eigenvalue weighted by Gasteiger charge is 2.20. The molecule has 1 atom stereocenters. The van der Waals surface area contributed by atoms with Crippen molar-refractivity contribution >= 4 is 11.9 Å². The second-order valence-corrected chi connectivity index (χ2v) is 4.91. The van der Waals surface area contributed by atoms with E-state index in [4.69, 9.17) is 4.74 Å². The van der Waals surface area contributed by atoms with Crippen LogP contribution in [-0.4, -0.2) is 11.9 Å². The van der Waals surface area contributed by atoms with Crippen LogP contribution in [0.4, 0.5) is 0 Å². The highest BCUT2D eigenvalue weighted by Crippen LogP contribution is 2.18. The van der Waals surface area contributed by atoms with Gasteiger partial charge in [-0.3, -0.25) is 9.59 Å². The Morgan fingerprint density at radius 2 is 1.59 bits per heavy atom. The van der Waals surface area contributed by atoms with Gasteiger partial charge in [-0.1, -0.05) is 45.4 Å². The van der Waals surface area contributed by atoms with E-state index in [1.807, 2.05) is 6.92 Å². The predicted molar refractivity (Wildman–Crippen MR) is 66.4 cm³/mol. The number of hydrogen-bond donors (Lipinski definition) is 0. The zero-order valence-corrected chi connectivity index (χ0v) is 10.9. The Hall–Kier alpha value is -0.860. The summed E-state index contributed by atoms with van der Waals surface area (Å²) in [6.07, 6.45) is 9.90. The molecule has 1 heterocycles. The lowest BCUT2D eigenvalue weighted by molar-refractivity contribution is -0.163. The number of esters is 2. The Labute approximate surface area is 104 Å². The molecule has 98 valence electrons. The minimum atomic E-state index is -0.340. The van der Waals surface area contributed by atoms with Gasteiger partial charge >= 0.3 is 11.9 Å². The molecule has 0 N–H and O–H groups in total. The van der Waals surface area contributed by atoms with Gasteiger partial charge in [0.1, 0.15) is 0 Å². The van der Waals surface area contributed by atoms with Gasteiger partial charge in [0.15, 0.2) is 0 Å². The summed E-state index contributed by atoms with van der Waals surface area (Å²) in [5.74, 6) is -0.732. The summed E-state index contributed by atoms with van der Waals surface area (Å²) in [7, 11) is 0. The monoisotopic (exact) mass is 240 g/mol. The van der Waals surface area contributed by atoms with Gasteiger partial charge in [0.25, 0.3) is 0 Å². The summed E-state index contributed by atoms with van der Waals surface area (Å²) in [6.45, 7) is 1.98. The number of hydrogen-bond acceptors (Lipinski definition) is 3. The molecule has 3 heteroatoms. The summed E-state index contributed by atoms with van der Waals surface area (Å²) >= 11 is 0. The Morgan fingerprint density at radius 1 is 1.00 bits per heavy atom. The van der Waals surface area contributed by atoms with Gasteiger partial charge in [-0.25, -0.2) is 0 Å². The first-order valence-corrected chi connectivity index (χ1v) is 6.98. The maximum absolute atomic E-state index is 11.7. The van der Waals surface area contributed by atoms with E-state index in [1.165, 1.54) is 25.7 Å². The minimum absolute atomic E-state index is 0.0836. The van der Waals surface area contributed by atoms with E-state index in [9.17, 15) is 9.59 Å². The van der Waals surface area contributed by atoms with Crippen LogP contribution in [0.2, 0.25) is 0 Å². The van der Waals surface area contributed by atoms with E-state index >= 15 is 0 Å². The average Bonchev–Trinajstić information content (AvgIpc) is 2.32. The van der Waals surface area contributed by atoms with Crippen LogP contribution >= 0.6 is 0 Å². The summed E-state index contributed by atoms with van der Waals surface area (Å²) in [6, 6.07) is 0. The Kier molecular flexibility index (Phi) is 6.90. The molecular weight excluding hydrogens is 216 g/mol. The van der Waals surface area contributed by atoms with Crippen LogP contribution in [-0.2, 0) is 14.3 Å². The number of carbonyl (C=O) groups excluding carboxylic acids is 2. The molecule has 1 saturated heterocycles. The third kappa shape index (κ3) is 5.85. The van der Waals surface area contributed by atoms with E-state index in [0.29, 0.717) is 6.42 Å². The summed E-state index contributed by atoms with van der Waals surface area (Å²) in [5.41, 5.74) is 0. The molecule has 0 saturated carbocycles. The quantitative estimate of drug-likeness (QED) is 0.519. The zero-order chi connectivity index (χ0) is 12.5. The molecule has 1 aliphatic rings. The molecule has 0 spiro atoms. The van der Waals surface area contributed by atoms with Crippen LogP contribution < -0.4 is 0 Å². The highest BCUT2D eigenvalue weighted by atomic mass is 16.6. The lowest BCUT2D eigenvalue weighted by Gasteiger charge is -2.12. The van der Waals surface area contributed by atoms with Crippen LogP contribution in [0.5, 0.6) is 0 Å². The molecular formula is C14H24O3. The van der Waals surface area contributed by atoms with Crippen molar-refractivity contribution in [3.8, 4) is 0 Å².